The maximum atomic E-state index is 2.34. The van der Waals surface area contributed by atoms with Gasteiger partial charge in [0.1, 0.15) is 0 Å². The van der Waals surface area contributed by atoms with E-state index < -0.39 is 0 Å². The third-order valence-electron chi connectivity index (χ3n) is 6.05. The third-order valence-corrected chi connectivity index (χ3v) is 6.05. The van der Waals surface area contributed by atoms with E-state index in [1.54, 1.807) is 0 Å². The van der Waals surface area contributed by atoms with E-state index in [1.807, 2.05) is 0 Å². The lowest BCUT2D eigenvalue weighted by atomic mass is 9.97. The second-order valence-electron chi connectivity index (χ2n) is 7.77. The summed E-state index contributed by atoms with van der Waals surface area (Å²) in [6.07, 6.45) is 0. The van der Waals surface area contributed by atoms with Gasteiger partial charge in [-0.1, -0.05) is 115 Å². The van der Waals surface area contributed by atoms with Crippen molar-refractivity contribution in [1.82, 2.24) is 0 Å². The highest BCUT2D eigenvalue weighted by Gasteiger charge is 2.21. The molecule has 0 aliphatic heterocycles. The number of rotatable bonds is 0. The molecular weight excluding hydrogens is 360 g/mol. The minimum atomic E-state index is 1.31. The quantitative estimate of drug-likeness (QED) is 0.231. The van der Waals surface area contributed by atoms with Crippen LogP contribution in [0.1, 0.15) is 0 Å². The van der Waals surface area contributed by atoms with Crippen molar-refractivity contribution in [1.29, 1.82) is 0 Å². The van der Waals surface area contributed by atoms with Crippen LogP contribution >= 0.6 is 0 Å². The van der Waals surface area contributed by atoms with Gasteiger partial charge in [0.25, 0.3) is 0 Å². The zero-order chi connectivity index (χ0) is 19.9. The summed E-state index contributed by atoms with van der Waals surface area (Å²) in [4.78, 5) is 0. The van der Waals surface area contributed by atoms with Crippen molar-refractivity contribution in [3.05, 3.63) is 121 Å². The number of hydrogen-bond acceptors (Lipinski definition) is 0. The largest absolute Gasteiger partial charge is 0.0616 e. The van der Waals surface area contributed by atoms with E-state index in [4.69, 9.17) is 0 Å². The molecule has 0 unspecified atom stereocenters. The smallest absolute Gasteiger partial charge is 0.00199 e. The van der Waals surface area contributed by atoms with Gasteiger partial charge in [-0.3, -0.25) is 0 Å². The van der Waals surface area contributed by atoms with Crippen LogP contribution in [0.2, 0.25) is 0 Å². The highest BCUT2D eigenvalue weighted by Crippen LogP contribution is 2.48. The first kappa shape index (κ1) is 17.0. The Morgan fingerprint density at radius 1 is 0.300 bits per heavy atom. The maximum absolute atomic E-state index is 2.34. The van der Waals surface area contributed by atoms with Crippen molar-refractivity contribution in [2.75, 3.05) is 0 Å². The molecular formula is C30H20. The fraction of sp³-hybridized carbons (Fsp3) is 0. The molecule has 0 radical (unpaired) electrons. The molecule has 7 rings (SSSR count). The molecule has 140 valence electrons. The highest BCUT2D eigenvalue weighted by molar-refractivity contribution is 6.23. The number of hydrogen-bond donors (Lipinski definition) is 0. The molecule has 0 fully saturated rings. The maximum Gasteiger partial charge on any atom is -0.00199 e. The summed E-state index contributed by atoms with van der Waals surface area (Å²) >= 11 is 0. The first-order valence-corrected chi connectivity index (χ1v) is 10.4. The fourth-order valence-electron chi connectivity index (χ4n) is 4.69. The van der Waals surface area contributed by atoms with E-state index in [2.05, 4.69) is 121 Å². The molecule has 1 aliphatic rings. The van der Waals surface area contributed by atoms with Gasteiger partial charge in [-0.05, 0) is 60.6 Å². The standard InChI is InChI=1S/C20H12.C10H8/c1-2-7-14-13(6-1)12-19-16-9-4-3-8-15(16)18-11-5-10-17(14)20(18)19;1-2-6-10-8-4-3-7-9(10)5-1/h1-12H;1-8H. The summed E-state index contributed by atoms with van der Waals surface area (Å²) in [5.41, 5.74) is 5.48. The molecule has 0 saturated carbocycles. The van der Waals surface area contributed by atoms with Crippen molar-refractivity contribution in [3.63, 3.8) is 0 Å². The van der Waals surface area contributed by atoms with Gasteiger partial charge in [-0.25, -0.2) is 0 Å². The average molecular weight is 380 g/mol. The molecule has 0 nitrogen and oxygen atoms in total. The molecule has 30 heavy (non-hydrogen) atoms. The predicted octanol–water partition coefficient (Wildman–Crippen LogP) is 8.48. The summed E-state index contributed by atoms with van der Waals surface area (Å²) in [5, 5.41) is 8.07. The molecule has 0 saturated heterocycles. The van der Waals surface area contributed by atoms with Gasteiger partial charge in [0, 0.05) is 0 Å². The molecule has 0 bridgehead atoms. The Balaban J connectivity index is 0.000000147. The summed E-state index contributed by atoms with van der Waals surface area (Å²) in [6.45, 7) is 0. The third kappa shape index (κ3) is 2.62. The van der Waals surface area contributed by atoms with Crippen LogP contribution in [0.15, 0.2) is 121 Å². The second-order valence-corrected chi connectivity index (χ2v) is 7.77. The van der Waals surface area contributed by atoms with Crippen LogP contribution in [0.3, 0.4) is 0 Å². The molecule has 0 spiro atoms. The lowest BCUT2D eigenvalue weighted by molar-refractivity contribution is 1.70. The van der Waals surface area contributed by atoms with Gasteiger partial charge in [-0.2, -0.15) is 0 Å². The molecule has 0 heterocycles. The first-order valence-electron chi connectivity index (χ1n) is 10.4. The second kappa shape index (κ2) is 6.86. The normalized spacial score (nSPS) is 11.3. The van der Waals surface area contributed by atoms with Crippen molar-refractivity contribution < 1.29 is 0 Å². The summed E-state index contributed by atoms with van der Waals surface area (Å²) in [5.74, 6) is 0. The lowest BCUT2D eigenvalue weighted by Gasteiger charge is -2.07. The van der Waals surface area contributed by atoms with Gasteiger partial charge in [0.15, 0.2) is 0 Å². The van der Waals surface area contributed by atoms with Gasteiger partial charge < -0.3 is 0 Å². The topological polar surface area (TPSA) is 0 Å². The van der Waals surface area contributed by atoms with E-state index in [1.165, 1.54) is 54.6 Å². The van der Waals surface area contributed by atoms with Gasteiger partial charge in [0.2, 0.25) is 0 Å². The monoisotopic (exact) mass is 380 g/mol. The van der Waals surface area contributed by atoms with E-state index in [-0.39, 0.29) is 0 Å². The van der Waals surface area contributed by atoms with Crippen LogP contribution in [0.25, 0.3) is 54.6 Å². The Morgan fingerprint density at radius 3 is 1.43 bits per heavy atom. The summed E-state index contributed by atoms with van der Waals surface area (Å²) < 4.78 is 0. The van der Waals surface area contributed by atoms with E-state index >= 15 is 0 Å². The average Bonchev–Trinajstić information content (AvgIpc) is 3.15. The summed E-state index contributed by atoms with van der Waals surface area (Å²) in [6, 6.07) is 43.1. The first-order chi connectivity index (χ1) is 14.9. The minimum Gasteiger partial charge on any atom is -0.0616 e. The van der Waals surface area contributed by atoms with Gasteiger partial charge in [-0.15, -0.1) is 0 Å². The number of fused-ring (bicyclic) bond motifs is 6. The molecule has 0 aromatic heterocycles. The van der Waals surface area contributed by atoms with Crippen LogP contribution in [-0.4, -0.2) is 0 Å². The van der Waals surface area contributed by atoms with E-state index in [0.29, 0.717) is 0 Å². The SMILES string of the molecule is c1ccc2c(c1)-c1cccc3c1c-2cc1ccccc13.c1ccc2ccccc2c1. The Kier molecular flexibility index (Phi) is 3.89. The molecule has 0 heteroatoms. The zero-order valence-electron chi connectivity index (χ0n) is 16.5. The lowest BCUT2D eigenvalue weighted by Crippen LogP contribution is -1.79. The fourth-order valence-corrected chi connectivity index (χ4v) is 4.69. The van der Waals surface area contributed by atoms with E-state index in [9.17, 15) is 0 Å². The van der Waals surface area contributed by atoms with Crippen molar-refractivity contribution >= 4 is 32.3 Å². The van der Waals surface area contributed by atoms with Gasteiger partial charge >= 0.3 is 0 Å². The van der Waals surface area contributed by atoms with Gasteiger partial charge in [0.05, 0.1) is 0 Å². The Morgan fingerprint density at radius 2 is 0.767 bits per heavy atom. The molecule has 1 aliphatic carbocycles. The molecule has 6 aromatic carbocycles. The van der Waals surface area contributed by atoms with Crippen LogP contribution in [0.5, 0.6) is 0 Å². The predicted molar refractivity (Wildman–Crippen MR) is 130 cm³/mol. The molecule has 0 N–H and O–H groups in total. The Bertz CT molecular complexity index is 1470. The summed E-state index contributed by atoms with van der Waals surface area (Å²) in [7, 11) is 0. The molecule has 0 atom stereocenters. The van der Waals surface area contributed by atoms with Crippen LogP contribution < -0.4 is 0 Å². The van der Waals surface area contributed by atoms with Crippen molar-refractivity contribution in [2.24, 2.45) is 0 Å². The van der Waals surface area contributed by atoms with Crippen LogP contribution in [-0.2, 0) is 0 Å². The highest BCUT2D eigenvalue weighted by atomic mass is 14.2. The Hall–Kier alpha value is -3.90. The van der Waals surface area contributed by atoms with Crippen molar-refractivity contribution in [3.8, 4) is 22.3 Å². The van der Waals surface area contributed by atoms with Crippen LogP contribution in [0.4, 0.5) is 0 Å². The van der Waals surface area contributed by atoms with E-state index in [0.717, 1.165) is 0 Å². The molecule has 0 amide bonds. The Labute approximate surface area is 176 Å². The number of benzene rings is 6. The molecule has 6 aromatic rings. The van der Waals surface area contributed by atoms with Crippen molar-refractivity contribution in [2.45, 2.75) is 0 Å². The zero-order valence-corrected chi connectivity index (χ0v) is 16.5. The minimum absolute atomic E-state index is 1.31. The van der Waals surface area contributed by atoms with Crippen LogP contribution in [0, 0.1) is 0 Å².